The van der Waals surface area contributed by atoms with Crippen molar-refractivity contribution >= 4 is 28.8 Å². The summed E-state index contributed by atoms with van der Waals surface area (Å²) < 4.78 is 29.0. The number of rotatable bonds is 5. The molecule has 1 atom stereocenters. The zero-order valence-electron chi connectivity index (χ0n) is 21.0. The largest absolute Gasteiger partial charge is 0.490 e. The zero-order valence-corrected chi connectivity index (χ0v) is 21.7. The summed E-state index contributed by atoms with van der Waals surface area (Å²) in [5, 5.41) is -0.129. The van der Waals surface area contributed by atoms with Crippen LogP contribution in [0.5, 0.6) is 5.75 Å². The number of ether oxygens (including phenoxy) is 2. The predicted octanol–water partition coefficient (Wildman–Crippen LogP) is 4.60. The summed E-state index contributed by atoms with van der Waals surface area (Å²) in [6.07, 6.45) is 4.76. The molecule has 2 fully saturated rings. The maximum atomic E-state index is 15.6. The van der Waals surface area contributed by atoms with E-state index in [-0.39, 0.29) is 33.8 Å². The Morgan fingerprint density at radius 3 is 2.58 bits per heavy atom. The van der Waals surface area contributed by atoms with E-state index in [1.54, 1.807) is 17.3 Å². The van der Waals surface area contributed by atoms with Gasteiger partial charge in [-0.05, 0) is 39.7 Å². The van der Waals surface area contributed by atoms with Crippen molar-refractivity contribution in [1.82, 2.24) is 19.3 Å². The molecule has 2 aliphatic heterocycles. The van der Waals surface area contributed by atoms with Gasteiger partial charge in [0.05, 0.1) is 30.0 Å². The number of piperidine rings is 1. The summed E-state index contributed by atoms with van der Waals surface area (Å²) in [5.41, 5.74) is 8.14. The SMILES string of the molecule is Cc1nc([C@@H](C)c2cc(Cl)c(F)c(C(=O)N3CCC4(CC3)COC4)c2OC(C)C)n2ccnc(N)c12. The number of nitrogens with two attached hydrogens (primary N) is 1. The Kier molecular flexibility index (Phi) is 6.32. The molecule has 0 unspecified atom stereocenters. The van der Waals surface area contributed by atoms with E-state index in [2.05, 4.69) is 4.98 Å². The molecule has 2 N–H and O–H groups in total. The molecule has 0 bridgehead atoms. The lowest BCUT2D eigenvalue weighted by Gasteiger charge is -2.47. The fraction of sp³-hybridized carbons (Fsp3) is 0.500. The maximum absolute atomic E-state index is 15.6. The van der Waals surface area contributed by atoms with Crippen LogP contribution in [0.1, 0.15) is 67.0 Å². The normalized spacial score (nSPS) is 18.0. The van der Waals surface area contributed by atoms with Crippen LogP contribution >= 0.6 is 11.6 Å². The van der Waals surface area contributed by atoms with Gasteiger partial charge in [-0.25, -0.2) is 14.4 Å². The van der Waals surface area contributed by atoms with Crippen molar-refractivity contribution in [3.63, 3.8) is 0 Å². The first-order chi connectivity index (χ1) is 17.1. The summed E-state index contributed by atoms with van der Waals surface area (Å²) in [6.45, 7) is 10.0. The fourth-order valence-corrected chi connectivity index (χ4v) is 5.45. The minimum absolute atomic E-state index is 0.127. The van der Waals surface area contributed by atoms with Crippen molar-refractivity contribution in [3.05, 3.63) is 51.9 Å². The number of amides is 1. The number of fused-ring (bicyclic) bond motifs is 1. The number of aromatic nitrogens is 3. The van der Waals surface area contributed by atoms with Crippen LogP contribution in [0.3, 0.4) is 0 Å². The standard InChI is InChI=1S/C26H31ClFN5O3/c1-14(2)36-22-17(15(3)24-31-16(4)21-23(29)30-7-10-33(21)24)11-18(27)20(28)19(22)25(34)32-8-5-26(6-9-32)12-35-13-26/h7,10-11,14-15H,5-6,8-9,12-13H2,1-4H3,(H2,29,30)/t15-/m0/s1. The van der Waals surface area contributed by atoms with Gasteiger partial charge in [-0.1, -0.05) is 18.5 Å². The van der Waals surface area contributed by atoms with E-state index in [9.17, 15) is 4.79 Å². The summed E-state index contributed by atoms with van der Waals surface area (Å²) >= 11 is 6.39. The van der Waals surface area contributed by atoms with Crippen molar-refractivity contribution in [2.75, 3.05) is 32.0 Å². The number of carbonyl (C=O) groups excluding carboxylic acids is 1. The van der Waals surface area contributed by atoms with Crippen LogP contribution in [0, 0.1) is 18.2 Å². The molecular weight excluding hydrogens is 485 g/mol. The first-order valence-corrected chi connectivity index (χ1v) is 12.6. The van der Waals surface area contributed by atoms with E-state index in [0.29, 0.717) is 35.8 Å². The van der Waals surface area contributed by atoms with Gasteiger partial charge in [-0.15, -0.1) is 0 Å². The second kappa shape index (κ2) is 9.19. The molecule has 36 heavy (non-hydrogen) atoms. The molecule has 1 aromatic carbocycles. The molecular formula is C26H31ClFN5O3. The minimum Gasteiger partial charge on any atom is -0.490 e. The van der Waals surface area contributed by atoms with Gasteiger partial charge in [0.25, 0.3) is 5.91 Å². The van der Waals surface area contributed by atoms with Crippen LogP contribution in [0.4, 0.5) is 10.2 Å². The van der Waals surface area contributed by atoms with Crippen molar-refractivity contribution in [2.24, 2.45) is 5.41 Å². The number of hydrogen-bond donors (Lipinski definition) is 1. The minimum atomic E-state index is -0.766. The summed E-state index contributed by atoms with van der Waals surface area (Å²) in [6, 6.07) is 1.54. The van der Waals surface area contributed by atoms with Gasteiger partial charge in [0.1, 0.15) is 28.5 Å². The lowest BCUT2D eigenvalue weighted by atomic mass is 9.76. The molecule has 0 radical (unpaired) electrons. The molecule has 2 aromatic heterocycles. The van der Waals surface area contributed by atoms with E-state index >= 15 is 4.39 Å². The van der Waals surface area contributed by atoms with Crippen LogP contribution in [0.15, 0.2) is 18.5 Å². The molecule has 8 nitrogen and oxygen atoms in total. The number of nitrogens with zero attached hydrogens (tertiary/aromatic N) is 4. The quantitative estimate of drug-likeness (QED) is 0.533. The van der Waals surface area contributed by atoms with Crippen LogP contribution in [-0.4, -0.2) is 57.6 Å². The molecule has 10 heteroatoms. The Bertz CT molecular complexity index is 1330. The molecule has 0 aliphatic carbocycles. The van der Waals surface area contributed by atoms with Gasteiger partial charge in [0, 0.05) is 42.4 Å². The number of nitrogen functional groups attached to an aromatic ring is 1. The summed E-state index contributed by atoms with van der Waals surface area (Å²) in [4.78, 5) is 24.3. The smallest absolute Gasteiger partial charge is 0.260 e. The van der Waals surface area contributed by atoms with Gasteiger partial charge < -0.3 is 20.1 Å². The number of benzene rings is 1. The third-order valence-corrected chi connectivity index (χ3v) is 7.61. The van der Waals surface area contributed by atoms with Crippen LogP contribution < -0.4 is 10.5 Å². The van der Waals surface area contributed by atoms with Gasteiger partial charge in [0.2, 0.25) is 0 Å². The molecule has 3 aromatic rings. The molecule has 1 amide bonds. The lowest BCUT2D eigenvalue weighted by Crippen LogP contribution is -2.52. The fourth-order valence-electron chi connectivity index (χ4n) is 5.24. The van der Waals surface area contributed by atoms with E-state index in [4.69, 9.17) is 31.8 Å². The van der Waals surface area contributed by atoms with Crippen LogP contribution in [-0.2, 0) is 4.74 Å². The number of aryl methyl sites for hydroxylation is 1. The highest BCUT2D eigenvalue weighted by Crippen LogP contribution is 2.42. The average Bonchev–Trinajstić information content (AvgIpc) is 3.17. The molecule has 2 aliphatic rings. The van der Waals surface area contributed by atoms with Gasteiger partial charge >= 0.3 is 0 Å². The molecule has 192 valence electrons. The van der Waals surface area contributed by atoms with E-state index in [0.717, 1.165) is 31.7 Å². The Balaban J connectivity index is 1.59. The van der Waals surface area contributed by atoms with Gasteiger partial charge in [-0.3, -0.25) is 9.20 Å². The number of carbonyl (C=O) groups is 1. The van der Waals surface area contributed by atoms with Gasteiger partial charge in [0.15, 0.2) is 5.82 Å². The van der Waals surface area contributed by atoms with Gasteiger partial charge in [-0.2, -0.15) is 0 Å². The summed E-state index contributed by atoms with van der Waals surface area (Å²) in [5.74, 6) is -0.329. The first-order valence-electron chi connectivity index (χ1n) is 12.3. The van der Waals surface area contributed by atoms with E-state index in [1.165, 1.54) is 6.07 Å². The third kappa shape index (κ3) is 4.08. The lowest BCUT2D eigenvalue weighted by molar-refractivity contribution is -0.136. The molecule has 4 heterocycles. The van der Waals surface area contributed by atoms with Crippen molar-refractivity contribution in [3.8, 4) is 5.75 Å². The number of halogens is 2. The Labute approximate surface area is 214 Å². The van der Waals surface area contributed by atoms with Crippen molar-refractivity contribution < 1.29 is 18.7 Å². The number of hydrogen-bond acceptors (Lipinski definition) is 6. The molecule has 5 rings (SSSR count). The second-order valence-corrected chi connectivity index (χ2v) is 10.6. The predicted molar refractivity (Wildman–Crippen MR) is 135 cm³/mol. The average molecular weight is 516 g/mol. The van der Waals surface area contributed by atoms with Crippen molar-refractivity contribution in [2.45, 2.75) is 52.6 Å². The third-order valence-electron chi connectivity index (χ3n) is 7.33. The molecule has 1 spiro atoms. The Hall–Kier alpha value is -2.91. The zero-order chi connectivity index (χ0) is 25.8. The Morgan fingerprint density at radius 2 is 1.97 bits per heavy atom. The number of anilines is 1. The highest BCUT2D eigenvalue weighted by Gasteiger charge is 2.43. The monoisotopic (exact) mass is 515 g/mol. The van der Waals surface area contributed by atoms with E-state index in [1.807, 2.05) is 32.1 Å². The van der Waals surface area contributed by atoms with Crippen LogP contribution in [0.25, 0.3) is 5.52 Å². The first kappa shape index (κ1) is 24.8. The molecule has 2 saturated heterocycles. The highest BCUT2D eigenvalue weighted by molar-refractivity contribution is 6.31. The second-order valence-electron chi connectivity index (χ2n) is 10.2. The number of imidazole rings is 1. The maximum Gasteiger partial charge on any atom is 0.260 e. The van der Waals surface area contributed by atoms with Crippen molar-refractivity contribution in [1.29, 1.82) is 0 Å². The summed E-state index contributed by atoms with van der Waals surface area (Å²) in [7, 11) is 0. The van der Waals surface area contributed by atoms with Crippen LogP contribution in [0.2, 0.25) is 5.02 Å². The molecule has 0 saturated carbocycles. The van der Waals surface area contributed by atoms with E-state index < -0.39 is 11.7 Å². The Morgan fingerprint density at radius 1 is 1.28 bits per heavy atom. The number of likely N-dealkylation sites (tertiary alicyclic amines) is 1. The highest BCUT2D eigenvalue weighted by atomic mass is 35.5. The topological polar surface area (TPSA) is 95.0 Å².